The molecule has 1 aliphatic rings. The van der Waals surface area contributed by atoms with Gasteiger partial charge in [0.05, 0.1) is 6.10 Å². The van der Waals surface area contributed by atoms with Crippen molar-refractivity contribution >= 4 is 6.03 Å². The number of urea groups is 1. The number of carbonyl (C=O) groups is 1. The van der Waals surface area contributed by atoms with E-state index in [1.165, 1.54) is 5.56 Å². The first-order chi connectivity index (χ1) is 11.0. The number of hydrogen-bond donors (Lipinski definition) is 3. The molecule has 23 heavy (non-hydrogen) atoms. The van der Waals surface area contributed by atoms with Gasteiger partial charge < -0.3 is 20.6 Å². The fourth-order valence-electron chi connectivity index (χ4n) is 3.15. The molecule has 0 saturated heterocycles. The Kier molecular flexibility index (Phi) is 6.86. The summed E-state index contributed by atoms with van der Waals surface area (Å²) in [6.45, 7) is 2.03. The molecule has 2 amide bonds. The van der Waals surface area contributed by atoms with Gasteiger partial charge >= 0.3 is 6.03 Å². The van der Waals surface area contributed by atoms with Crippen LogP contribution in [0.5, 0.6) is 0 Å². The minimum absolute atomic E-state index is 0.135. The van der Waals surface area contributed by atoms with Crippen LogP contribution in [0.3, 0.4) is 0 Å². The van der Waals surface area contributed by atoms with E-state index in [0.717, 1.165) is 37.8 Å². The summed E-state index contributed by atoms with van der Waals surface area (Å²) in [5, 5.41) is 15.5. The van der Waals surface area contributed by atoms with E-state index in [2.05, 4.69) is 27.7 Å². The van der Waals surface area contributed by atoms with E-state index in [1.807, 2.05) is 26.2 Å². The highest BCUT2D eigenvalue weighted by Crippen LogP contribution is 2.23. The van der Waals surface area contributed by atoms with Gasteiger partial charge in [0.25, 0.3) is 0 Å². The third kappa shape index (κ3) is 6.20. The standard InChI is InChI=1S/C18H29N3O2/c1-21(2)13-16-8-4-3-7-15(16)12-20-18(23)19-11-14-6-5-9-17(22)10-14/h3-4,7-8,14,17,22H,5-6,9-13H2,1-2H3,(H2,19,20,23). The fraction of sp³-hybridized carbons (Fsp3) is 0.611. The lowest BCUT2D eigenvalue weighted by molar-refractivity contribution is 0.101. The summed E-state index contributed by atoms with van der Waals surface area (Å²) in [6, 6.07) is 8.04. The van der Waals surface area contributed by atoms with E-state index < -0.39 is 0 Å². The van der Waals surface area contributed by atoms with Crippen LogP contribution >= 0.6 is 0 Å². The topological polar surface area (TPSA) is 64.6 Å². The number of rotatable bonds is 6. The van der Waals surface area contributed by atoms with Gasteiger partial charge in [-0.3, -0.25) is 0 Å². The number of hydrogen-bond acceptors (Lipinski definition) is 3. The first-order valence-electron chi connectivity index (χ1n) is 8.46. The molecule has 5 nitrogen and oxygen atoms in total. The Morgan fingerprint density at radius 1 is 1.22 bits per heavy atom. The number of aliphatic hydroxyl groups is 1. The molecular weight excluding hydrogens is 290 g/mol. The smallest absolute Gasteiger partial charge is 0.315 e. The van der Waals surface area contributed by atoms with Crippen LogP contribution in [0.15, 0.2) is 24.3 Å². The Morgan fingerprint density at radius 2 is 1.96 bits per heavy atom. The predicted molar refractivity (Wildman–Crippen MR) is 92.0 cm³/mol. The third-order valence-electron chi connectivity index (χ3n) is 4.35. The quantitative estimate of drug-likeness (QED) is 0.752. The first-order valence-corrected chi connectivity index (χ1v) is 8.46. The molecule has 0 aliphatic heterocycles. The number of carbonyl (C=O) groups excluding carboxylic acids is 1. The summed E-state index contributed by atoms with van der Waals surface area (Å²) < 4.78 is 0. The van der Waals surface area contributed by atoms with Crippen molar-refractivity contribution < 1.29 is 9.90 Å². The lowest BCUT2D eigenvalue weighted by Crippen LogP contribution is -2.39. The van der Waals surface area contributed by atoms with E-state index in [9.17, 15) is 9.90 Å². The van der Waals surface area contributed by atoms with E-state index in [1.54, 1.807) is 0 Å². The number of amides is 2. The van der Waals surface area contributed by atoms with Crippen molar-refractivity contribution in [3.05, 3.63) is 35.4 Å². The number of nitrogens with zero attached hydrogens (tertiary/aromatic N) is 1. The summed E-state index contributed by atoms with van der Waals surface area (Å²) in [5.41, 5.74) is 2.37. The molecule has 1 saturated carbocycles. The van der Waals surface area contributed by atoms with E-state index >= 15 is 0 Å². The Morgan fingerprint density at radius 3 is 2.65 bits per heavy atom. The van der Waals surface area contributed by atoms with Crippen LogP contribution < -0.4 is 10.6 Å². The van der Waals surface area contributed by atoms with Gasteiger partial charge in [-0.05, 0) is 50.4 Å². The summed E-state index contributed by atoms with van der Waals surface area (Å²) in [4.78, 5) is 14.1. The second-order valence-electron chi connectivity index (χ2n) is 6.76. The number of nitrogens with one attached hydrogen (secondary N) is 2. The SMILES string of the molecule is CN(C)Cc1ccccc1CNC(=O)NCC1CCCC(O)C1. The lowest BCUT2D eigenvalue weighted by atomic mass is 9.87. The highest BCUT2D eigenvalue weighted by molar-refractivity contribution is 5.73. The van der Waals surface area contributed by atoms with Crippen LogP contribution in [-0.2, 0) is 13.1 Å². The molecule has 0 heterocycles. The summed E-state index contributed by atoms with van der Waals surface area (Å²) in [7, 11) is 4.07. The van der Waals surface area contributed by atoms with Crippen LogP contribution in [0.2, 0.25) is 0 Å². The molecule has 1 fully saturated rings. The van der Waals surface area contributed by atoms with Gasteiger partial charge in [0.15, 0.2) is 0 Å². The van der Waals surface area contributed by atoms with Gasteiger partial charge in [-0.15, -0.1) is 0 Å². The maximum absolute atomic E-state index is 12.0. The maximum atomic E-state index is 12.0. The molecule has 5 heteroatoms. The lowest BCUT2D eigenvalue weighted by Gasteiger charge is -2.25. The van der Waals surface area contributed by atoms with Crippen molar-refractivity contribution in [1.82, 2.24) is 15.5 Å². The Labute approximate surface area is 139 Å². The molecule has 0 aromatic heterocycles. The molecule has 1 aromatic rings. The minimum atomic E-state index is -0.198. The fourth-order valence-corrected chi connectivity index (χ4v) is 3.15. The Hall–Kier alpha value is -1.59. The molecule has 1 aliphatic carbocycles. The van der Waals surface area contributed by atoms with Crippen LogP contribution in [0.4, 0.5) is 4.79 Å². The molecule has 2 rings (SSSR count). The molecule has 0 bridgehead atoms. The molecular formula is C18H29N3O2. The van der Waals surface area contributed by atoms with Gasteiger partial charge in [-0.1, -0.05) is 30.7 Å². The van der Waals surface area contributed by atoms with Crippen molar-refractivity contribution in [3.63, 3.8) is 0 Å². The first kappa shape index (κ1) is 17.8. The van der Waals surface area contributed by atoms with Crippen molar-refractivity contribution in [2.75, 3.05) is 20.6 Å². The van der Waals surface area contributed by atoms with Crippen LogP contribution in [0, 0.1) is 5.92 Å². The highest BCUT2D eigenvalue weighted by atomic mass is 16.3. The molecule has 2 unspecified atom stereocenters. The van der Waals surface area contributed by atoms with Crippen LogP contribution in [-0.4, -0.2) is 42.8 Å². The number of benzene rings is 1. The van der Waals surface area contributed by atoms with Crippen molar-refractivity contribution in [1.29, 1.82) is 0 Å². The average molecular weight is 319 g/mol. The van der Waals surface area contributed by atoms with Gasteiger partial charge in [0.1, 0.15) is 0 Å². The summed E-state index contributed by atoms with van der Waals surface area (Å²) in [6.07, 6.45) is 3.63. The number of aliphatic hydroxyl groups excluding tert-OH is 1. The van der Waals surface area contributed by atoms with Crippen molar-refractivity contribution in [2.24, 2.45) is 5.92 Å². The monoisotopic (exact) mass is 319 g/mol. The third-order valence-corrected chi connectivity index (χ3v) is 4.35. The van der Waals surface area contributed by atoms with Gasteiger partial charge in [-0.2, -0.15) is 0 Å². The summed E-state index contributed by atoms with van der Waals surface area (Å²) in [5.74, 6) is 0.394. The van der Waals surface area contributed by atoms with Gasteiger partial charge in [0, 0.05) is 19.6 Å². The second kappa shape index (κ2) is 8.89. The average Bonchev–Trinajstić information content (AvgIpc) is 2.51. The van der Waals surface area contributed by atoms with E-state index in [4.69, 9.17) is 0 Å². The maximum Gasteiger partial charge on any atom is 0.315 e. The summed E-state index contributed by atoms with van der Waals surface area (Å²) >= 11 is 0. The van der Waals surface area contributed by atoms with Crippen LogP contribution in [0.1, 0.15) is 36.8 Å². The van der Waals surface area contributed by atoms with Crippen molar-refractivity contribution in [2.45, 2.75) is 44.9 Å². The molecule has 128 valence electrons. The van der Waals surface area contributed by atoms with Gasteiger partial charge in [0.2, 0.25) is 0 Å². The highest BCUT2D eigenvalue weighted by Gasteiger charge is 2.20. The molecule has 0 spiro atoms. The van der Waals surface area contributed by atoms with E-state index in [-0.39, 0.29) is 12.1 Å². The molecule has 1 aromatic carbocycles. The van der Waals surface area contributed by atoms with Gasteiger partial charge in [-0.25, -0.2) is 4.79 Å². The van der Waals surface area contributed by atoms with Crippen LogP contribution in [0.25, 0.3) is 0 Å². The van der Waals surface area contributed by atoms with Crippen molar-refractivity contribution in [3.8, 4) is 0 Å². The largest absolute Gasteiger partial charge is 0.393 e. The Bertz CT molecular complexity index is 505. The Balaban J connectivity index is 1.76. The molecule has 3 N–H and O–H groups in total. The zero-order valence-electron chi connectivity index (χ0n) is 14.2. The minimum Gasteiger partial charge on any atom is -0.393 e. The van der Waals surface area contributed by atoms with E-state index in [0.29, 0.717) is 19.0 Å². The zero-order chi connectivity index (χ0) is 16.7. The second-order valence-corrected chi connectivity index (χ2v) is 6.76. The predicted octanol–water partition coefficient (Wildman–Crippen LogP) is 2.10. The zero-order valence-corrected chi connectivity index (χ0v) is 14.2. The molecule has 0 radical (unpaired) electrons. The molecule has 2 atom stereocenters. The normalized spacial score (nSPS) is 21.2.